The van der Waals surface area contributed by atoms with Crippen LogP contribution >= 0.6 is 11.3 Å². The van der Waals surface area contributed by atoms with Crippen molar-refractivity contribution in [2.45, 2.75) is 19.3 Å². The lowest BCUT2D eigenvalue weighted by molar-refractivity contribution is -0.116. The van der Waals surface area contributed by atoms with E-state index >= 15 is 0 Å². The molecule has 8 heteroatoms. The van der Waals surface area contributed by atoms with Crippen molar-refractivity contribution >= 4 is 45.0 Å². The molecule has 0 aliphatic carbocycles. The Labute approximate surface area is 194 Å². The van der Waals surface area contributed by atoms with Crippen molar-refractivity contribution in [3.05, 3.63) is 88.4 Å². The molecule has 0 radical (unpaired) electrons. The topological polar surface area (TPSA) is 92.3 Å². The minimum Gasteiger partial charge on any atom is -0.301 e. The number of imide groups is 1. The Kier molecular flexibility index (Phi) is 5.66. The van der Waals surface area contributed by atoms with Crippen molar-refractivity contribution in [2.24, 2.45) is 0 Å². The molecule has 1 aliphatic heterocycles. The Balaban J connectivity index is 1.18. The van der Waals surface area contributed by atoms with Gasteiger partial charge in [-0.25, -0.2) is 0 Å². The minimum atomic E-state index is -0.320. The van der Waals surface area contributed by atoms with Crippen LogP contribution in [0.3, 0.4) is 0 Å². The van der Waals surface area contributed by atoms with Crippen LogP contribution in [0.25, 0.3) is 10.8 Å². The number of nitrogens with one attached hydrogen (secondary N) is 1. The molecule has 2 heterocycles. The number of hydrogen-bond acceptors (Lipinski definition) is 6. The number of carbonyl (C=O) groups excluding carboxylic acids is 3. The first-order chi connectivity index (χ1) is 16.1. The van der Waals surface area contributed by atoms with Gasteiger partial charge in [-0.2, -0.15) is 0 Å². The molecule has 1 N–H and O–H groups in total. The molecular formula is C25H20N4O3S. The molecule has 0 spiro atoms. The van der Waals surface area contributed by atoms with E-state index in [1.807, 2.05) is 54.6 Å². The minimum absolute atomic E-state index is 0.163. The molecule has 0 fully saturated rings. The Bertz CT molecular complexity index is 1320. The normalized spacial score (nSPS) is 12.9. The van der Waals surface area contributed by atoms with Crippen LogP contribution in [0.1, 0.15) is 44.1 Å². The summed E-state index contributed by atoms with van der Waals surface area (Å²) in [6.45, 7) is 0.172. The fourth-order valence-electron chi connectivity index (χ4n) is 4.01. The summed E-state index contributed by atoms with van der Waals surface area (Å²) in [6.07, 6.45) is 1.18. The lowest BCUT2D eigenvalue weighted by Gasteiger charge is -2.27. The molecule has 1 aliphatic rings. The molecule has 1 aromatic heterocycles. The average molecular weight is 457 g/mol. The Morgan fingerprint density at radius 1 is 0.879 bits per heavy atom. The van der Waals surface area contributed by atoms with Crippen LogP contribution in [0.2, 0.25) is 0 Å². The predicted octanol–water partition coefficient (Wildman–Crippen LogP) is 4.30. The van der Waals surface area contributed by atoms with Crippen LogP contribution < -0.4 is 5.32 Å². The maximum Gasteiger partial charge on any atom is 0.261 e. The quantitative estimate of drug-likeness (QED) is 0.419. The highest BCUT2D eigenvalue weighted by Crippen LogP contribution is 2.30. The van der Waals surface area contributed by atoms with E-state index < -0.39 is 0 Å². The van der Waals surface area contributed by atoms with E-state index in [1.165, 1.54) is 16.2 Å². The lowest BCUT2D eigenvalue weighted by atomic mass is 9.94. The van der Waals surface area contributed by atoms with Gasteiger partial charge in [0.25, 0.3) is 11.8 Å². The molecule has 0 atom stereocenters. The van der Waals surface area contributed by atoms with Crippen LogP contribution in [-0.4, -0.2) is 39.4 Å². The molecule has 0 bridgehead atoms. The highest BCUT2D eigenvalue weighted by atomic mass is 32.1. The molecule has 4 aromatic rings. The van der Waals surface area contributed by atoms with E-state index in [4.69, 9.17) is 0 Å². The van der Waals surface area contributed by atoms with Gasteiger partial charge in [-0.1, -0.05) is 65.9 Å². The average Bonchev–Trinajstić information content (AvgIpc) is 3.26. The van der Waals surface area contributed by atoms with Gasteiger partial charge in [-0.05, 0) is 29.5 Å². The van der Waals surface area contributed by atoms with Crippen molar-refractivity contribution in [3.8, 4) is 0 Å². The third kappa shape index (κ3) is 4.25. The van der Waals surface area contributed by atoms with Crippen LogP contribution in [-0.2, 0) is 11.2 Å². The maximum atomic E-state index is 12.9. The lowest BCUT2D eigenvalue weighted by Crippen LogP contribution is -2.41. The van der Waals surface area contributed by atoms with E-state index in [0.717, 1.165) is 16.0 Å². The number of benzene rings is 3. The van der Waals surface area contributed by atoms with Crippen molar-refractivity contribution in [3.63, 3.8) is 0 Å². The SMILES string of the molecule is O=C(CCCN1C(=O)c2cccc3cccc(c23)C1=O)Nc1nnc(Cc2ccccc2)s1. The highest BCUT2D eigenvalue weighted by molar-refractivity contribution is 7.15. The second-order valence-electron chi connectivity index (χ2n) is 7.79. The Morgan fingerprint density at radius 3 is 2.27 bits per heavy atom. The zero-order valence-corrected chi connectivity index (χ0v) is 18.5. The molecule has 7 nitrogen and oxygen atoms in total. The third-order valence-electron chi connectivity index (χ3n) is 5.55. The molecular weight excluding hydrogens is 436 g/mol. The number of hydrogen-bond donors (Lipinski definition) is 1. The summed E-state index contributed by atoms with van der Waals surface area (Å²) < 4.78 is 0. The van der Waals surface area contributed by atoms with Gasteiger partial charge in [0.05, 0.1) is 0 Å². The fraction of sp³-hybridized carbons (Fsp3) is 0.160. The van der Waals surface area contributed by atoms with Crippen molar-refractivity contribution in [1.82, 2.24) is 15.1 Å². The van der Waals surface area contributed by atoms with Crippen molar-refractivity contribution < 1.29 is 14.4 Å². The Hall–Kier alpha value is -3.91. The third-order valence-corrected chi connectivity index (χ3v) is 6.39. The standard InChI is InChI=1S/C25H20N4O3S/c30-20(26-25-28-27-21(33-25)15-16-7-2-1-3-8-16)13-6-14-29-23(31)18-11-4-9-17-10-5-12-19(22(17)18)24(29)32/h1-5,7-12H,6,13-15H2,(H,26,28,30). The summed E-state index contributed by atoms with van der Waals surface area (Å²) in [5.74, 6) is -0.865. The number of amides is 3. The van der Waals surface area contributed by atoms with Gasteiger partial charge in [0.1, 0.15) is 5.01 Å². The van der Waals surface area contributed by atoms with Gasteiger partial charge in [-0.15, -0.1) is 10.2 Å². The molecule has 164 valence electrons. The van der Waals surface area contributed by atoms with Crippen molar-refractivity contribution in [1.29, 1.82) is 0 Å². The molecule has 0 saturated heterocycles. The number of nitrogens with zero attached hydrogens (tertiary/aromatic N) is 3. The van der Waals surface area contributed by atoms with Crippen molar-refractivity contribution in [2.75, 3.05) is 11.9 Å². The largest absolute Gasteiger partial charge is 0.301 e. The van der Waals surface area contributed by atoms with Gasteiger partial charge in [0, 0.05) is 35.9 Å². The zero-order chi connectivity index (χ0) is 22.8. The number of carbonyl (C=O) groups is 3. The smallest absolute Gasteiger partial charge is 0.261 e. The Morgan fingerprint density at radius 2 is 1.58 bits per heavy atom. The van der Waals surface area contributed by atoms with E-state index in [1.54, 1.807) is 12.1 Å². The summed E-state index contributed by atoms with van der Waals surface area (Å²) >= 11 is 1.33. The highest BCUT2D eigenvalue weighted by Gasteiger charge is 2.32. The van der Waals surface area contributed by atoms with Crippen LogP contribution in [0.5, 0.6) is 0 Å². The molecule has 33 heavy (non-hydrogen) atoms. The van der Waals surface area contributed by atoms with E-state index in [-0.39, 0.29) is 30.7 Å². The summed E-state index contributed by atoms with van der Waals surface area (Å²) in [7, 11) is 0. The molecule has 0 unspecified atom stereocenters. The number of rotatable bonds is 7. The van der Waals surface area contributed by atoms with Gasteiger partial charge < -0.3 is 5.32 Å². The van der Waals surface area contributed by atoms with Crippen LogP contribution in [0.4, 0.5) is 5.13 Å². The van der Waals surface area contributed by atoms with Gasteiger partial charge in [-0.3, -0.25) is 19.3 Å². The second-order valence-corrected chi connectivity index (χ2v) is 8.85. The monoisotopic (exact) mass is 456 g/mol. The van der Waals surface area contributed by atoms with Crippen LogP contribution in [0.15, 0.2) is 66.7 Å². The molecule has 3 aromatic carbocycles. The first-order valence-corrected chi connectivity index (χ1v) is 11.5. The van der Waals surface area contributed by atoms with Gasteiger partial charge in [0.15, 0.2) is 0 Å². The molecule has 5 rings (SSSR count). The van der Waals surface area contributed by atoms with Gasteiger partial charge in [0.2, 0.25) is 11.0 Å². The summed E-state index contributed by atoms with van der Waals surface area (Å²) in [5, 5.41) is 13.8. The van der Waals surface area contributed by atoms with Crippen LogP contribution in [0, 0.1) is 0 Å². The van der Waals surface area contributed by atoms with E-state index in [2.05, 4.69) is 15.5 Å². The number of anilines is 1. The predicted molar refractivity (Wildman–Crippen MR) is 126 cm³/mol. The summed E-state index contributed by atoms with van der Waals surface area (Å²) in [5.41, 5.74) is 2.17. The second kappa shape index (κ2) is 8.91. The zero-order valence-electron chi connectivity index (χ0n) is 17.7. The summed E-state index contributed by atoms with van der Waals surface area (Å²) in [4.78, 5) is 39.4. The van der Waals surface area contributed by atoms with Gasteiger partial charge >= 0.3 is 0 Å². The molecule has 0 saturated carbocycles. The van der Waals surface area contributed by atoms with E-state index in [9.17, 15) is 14.4 Å². The van der Waals surface area contributed by atoms with E-state index in [0.29, 0.717) is 34.5 Å². The number of aromatic nitrogens is 2. The molecule has 3 amide bonds. The summed E-state index contributed by atoms with van der Waals surface area (Å²) in [6, 6.07) is 20.8. The first-order valence-electron chi connectivity index (χ1n) is 10.6. The fourth-order valence-corrected chi connectivity index (χ4v) is 4.80. The first kappa shape index (κ1) is 21.0. The maximum absolute atomic E-state index is 12.9.